The number of aromatic nitrogens is 2. The standard InChI is InChI=1S/C22H24N4O2/c1-16-14-23-26(15-16)20-6-2-17(3-7-20)22(28)24-18-4-8-19(9-5-18)25-12-10-21(27)11-13-25/h2-9,14-15,21,27H,10-13H2,1H3,(H,24,28). The Morgan fingerprint density at radius 3 is 2.29 bits per heavy atom. The molecule has 6 heteroatoms. The van der Waals surface area contributed by atoms with Crippen molar-refractivity contribution in [3.8, 4) is 5.69 Å². The minimum absolute atomic E-state index is 0.142. The molecular formula is C22H24N4O2. The Hall–Kier alpha value is -3.12. The number of rotatable bonds is 4. The van der Waals surface area contributed by atoms with Crippen molar-refractivity contribution in [2.45, 2.75) is 25.9 Å². The number of hydrogen-bond acceptors (Lipinski definition) is 4. The fourth-order valence-electron chi connectivity index (χ4n) is 3.40. The van der Waals surface area contributed by atoms with Crippen molar-refractivity contribution in [3.05, 3.63) is 72.1 Å². The molecule has 1 aliphatic rings. The fraction of sp³-hybridized carbons (Fsp3) is 0.273. The summed E-state index contributed by atoms with van der Waals surface area (Å²) in [4.78, 5) is 14.8. The Morgan fingerprint density at radius 2 is 1.68 bits per heavy atom. The van der Waals surface area contributed by atoms with E-state index in [1.54, 1.807) is 23.0 Å². The van der Waals surface area contributed by atoms with Crippen molar-refractivity contribution in [1.82, 2.24) is 9.78 Å². The molecule has 2 aromatic carbocycles. The third-order valence-corrected chi connectivity index (χ3v) is 5.06. The van der Waals surface area contributed by atoms with Gasteiger partial charge < -0.3 is 15.3 Å². The molecule has 0 aliphatic carbocycles. The number of nitrogens with one attached hydrogen (secondary N) is 1. The van der Waals surface area contributed by atoms with Crippen LogP contribution in [0.3, 0.4) is 0 Å². The molecule has 0 atom stereocenters. The van der Waals surface area contributed by atoms with Gasteiger partial charge in [0.15, 0.2) is 0 Å². The van der Waals surface area contributed by atoms with Crippen molar-refractivity contribution >= 4 is 17.3 Å². The first-order chi connectivity index (χ1) is 13.6. The summed E-state index contributed by atoms with van der Waals surface area (Å²) in [5, 5.41) is 16.8. The molecule has 2 N–H and O–H groups in total. The van der Waals surface area contributed by atoms with E-state index in [1.165, 1.54) is 0 Å². The lowest BCUT2D eigenvalue weighted by Gasteiger charge is -2.31. The molecule has 3 aromatic rings. The normalized spacial score (nSPS) is 14.9. The highest BCUT2D eigenvalue weighted by Gasteiger charge is 2.17. The fourth-order valence-corrected chi connectivity index (χ4v) is 3.40. The summed E-state index contributed by atoms with van der Waals surface area (Å²) in [6.45, 7) is 3.70. The van der Waals surface area contributed by atoms with Gasteiger partial charge in [-0.25, -0.2) is 4.68 Å². The maximum Gasteiger partial charge on any atom is 0.255 e. The van der Waals surface area contributed by atoms with Crippen molar-refractivity contribution in [3.63, 3.8) is 0 Å². The average molecular weight is 376 g/mol. The number of carbonyl (C=O) groups is 1. The van der Waals surface area contributed by atoms with Crippen LogP contribution in [0.4, 0.5) is 11.4 Å². The Morgan fingerprint density at radius 1 is 1.04 bits per heavy atom. The van der Waals surface area contributed by atoms with Crippen LogP contribution in [-0.2, 0) is 0 Å². The third kappa shape index (κ3) is 4.07. The molecule has 6 nitrogen and oxygen atoms in total. The zero-order valence-corrected chi connectivity index (χ0v) is 15.9. The van der Waals surface area contributed by atoms with Crippen LogP contribution in [0, 0.1) is 6.92 Å². The molecule has 0 saturated carbocycles. The van der Waals surface area contributed by atoms with Gasteiger partial charge in [-0.1, -0.05) is 0 Å². The van der Waals surface area contributed by atoms with Gasteiger partial charge in [0, 0.05) is 36.2 Å². The Balaban J connectivity index is 1.39. The zero-order chi connectivity index (χ0) is 19.5. The lowest BCUT2D eigenvalue weighted by Crippen LogP contribution is -2.35. The molecule has 28 heavy (non-hydrogen) atoms. The van der Waals surface area contributed by atoms with Gasteiger partial charge in [0.25, 0.3) is 5.91 Å². The van der Waals surface area contributed by atoms with Gasteiger partial charge in [0.2, 0.25) is 0 Å². The number of benzene rings is 2. The van der Waals surface area contributed by atoms with Gasteiger partial charge in [-0.2, -0.15) is 5.10 Å². The Labute approximate surface area is 164 Å². The molecule has 2 heterocycles. The Kier molecular flexibility index (Phi) is 5.12. The first kappa shape index (κ1) is 18.3. The van der Waals surface area contributed by atoms with E-state index >= 15 is 0 Å². The molecule has 0 spiro atoms. The molecule has 0 bridgehead atoms. The zero-order valence-electron chi connectivity index (χ0n) is 15.9. The van der Waals surface area contributed by atoms with Crippen LogP contribution in [0.2, 0.25) is 0 Å². The van der Waals surface area contributed by atoms with Crippen molar-refractivity contribution < 1.29 is 9.90 Å². The highest BCUT2D eigenvalue weighted by atomic mass is 16.3. The first-order valence-corrected chi connectivity index (χ1v) is 9.54. The second kappa shape index (κ2) is 7.86. The average Bonchev–Trinajstić information content (AvgIpc) is 3.16. The molecule has 1 amide bonds. The van der Waals surface area contributed by atoms with Crippen LogP contribution in [0.15, 0.2) is 60.9 Å². The maximum atomic E-state index is 12.5. The smallest absolute Gasteiger partial charge is 0.255 e. The second-order valence-electron chi connectivity index (χ2n) is 7.23. The van der Waals surface area contributed by atoms with Crippen molar-refractivity contribution in [1.29, 1.82) is 0 Å². The molecule has 0 radical (unpaired) electrons. The van der Waals surface area contributed by atoms with Crippen LogP contribution in [0.5, 0.6) is 0 Å². The van der Waals surface area contributed by atoms with E-state index in [0.717, 1.165) is 48.6 Å². The lowest BCUT2D eigenvalue weighted by molar-refractivity contribution is 0.102. The minimum Gasteiger partial charge on any atom is -0.393 e. The van der Waals surface area contributed by atoms with Crippen LogP contribution in [-0.4, -0.2) is 40.0 Å². The van der Waals surface area contributed by atoms with E-state index in [2.05, 4.69) is 15.3 Å². The predicted molar refractivity (Wildman–Crippen MR) is 110 cm³/mol. The first-order valence-electron chi connectivity index (χ1n) is 9.54. The van der Waals surface area contributed by atoms with E-state index in [-0.39, 0.29) is 12.0 Å². The molecule has 0 unspecified atom stereocenters. The number of carbonyl (C=O) groups excluding carboxylic acids is 1. The predicted octanol–water partition coefficient (Wildman–Crippen LogP) is 3.39. The summed E-state index contributed by atoms with van der Waals surface area (Å²) in [6, 6.07) is 15.2. The van der Waals surface area contributed by atoms with Crippen LogP contribution < -0.4 is 10.2 Å². The van der Waals surface area contributed by atoms with E-state index in [0.29, 0.717) is 5.56 Å². The molecule has 1 saturated heterocycles. The number of aliphatic hydroxyl groups is 1. The summed E-state index contributed by atoms with van der Waals surface area (Å²) in [7, 11) is 0. The van der Waals surface area contributed by atoms with Crippen LogP contribution >= 0.6 is 0 Å². The molecule has 4 rings (SSSR count). The highest BCUT2D eigenvalue weighted by Crippen LogP contribution is 2.22. The number of hydrogen-bond donors (Lipinski definition) is 2. The maximum absolute atomic E-state index is 12.5. The number of amides is 1. The molecule has 1 aliphatic heterocycles. The van der Waals surface area contributed by atoms with E-state index in [4.69, 9.17) is 0 Å². The topological polar surface area (TPSA) is 70.4 Å². The van der Waals surface area contributed by atoms with Gasteiger partial charge >= 0.3 is 0 Å². The quantitative estimate of drug-likeness (QED) is 0.732. The Bertz CT molecular complexity index is 939. The van der Waals surface area contributed by atoms with E-state index in [1.807, 2.05) is 49.5 Å². The molecule has 1 fully saturated rings. The second-order valence-corrected chi connectivity index (χ2v) is 7.23. The minimum atomic E-state index is -0.182. The molecule has 144 valence electrons. The summed E-state index contributed by atoms with van der Waals surface area (Å²) in [5.74, 6) is -0.142. The van der Waals surface area contributed by atoms with Gasteiger partial charge in [-0.15, -0.1) is 0 Å². The van der Waals surface area contributed by atoms with E-state index < -0.39 is 0 Å². The SMILES string of the molecule is Cc1cnn(-c2ccc(C(=O)Nc3ccc(N4CCC(O)CC4)cc3)cc2)c1. The van der Waals surface area contributed by atoms with Crippen molar-refractivity contribution in [2.24, 2.45) is 0 Å². The monoisotopic (exact) mass is 376 g/mol. The summed E-state index contributed by atoms with van der Waals surface area (Å²) in [5.41, 5.74) is 4.48. The highest BCUT2D eigenvalue weighted by molar-refractivity contribution is 6.04. The number of aryl methyl sites for hydroxylation is 1. The molecular weight excluding hydrogens is 352 g/mol. The third-order valence-electron chi connectivity index (χ3n) is 5.06. The van der Waals surface area contributed by atoms with Crippen LogP contribution in [0.1, 0.15) is 28.8 Å². The van der Waals surface area contributed by atoms with Gasteiger partial charge in [0.05, 0.1) is 18.0 Å². The summed E-state index contributed by atoms with van der Waals surface area (Å²) in [6.07, 6.45) is 5.16. The lowest BCUT2D eigenvalue weighted by atomic mass is 10.1. The largest absolute Gasteiger partial charge is 0.393 e. The molecule has 1 aromatic heterocycles. The number of nitrogens with zero attached hydrogens (tertiary/aromatic N) is 3. The number of piperidine rings is 1. The number of anilines is 2. The van der Waals surface area contributed by atoms with Gasteiger partial charge in [-0.3, -0.25) is 4.79 Å². The summed E-state index contributed by atoms with van der Waals surface area (Å²) < 4.78 is 1.79. The van der Waals surface area contributed by atoms with Gasteiger partial charge in [-0.05, 0) is 73.9 Å². The van der Waals surface area contributed by atoms with Gasteiger partial charge in [0.1, 0.15) is 0 Å². The summed E-state index contributed by atoms with van der Waals surface area (Å²) >= 11 is 0. The number of aliphatic hydroxyl groups excluding tert-OH is 1. The van der Waals surface area contributed by atoms with Crippen molar-refractivity contribution in [2.75, 3.05) is 23.3 Å². The van der Waals surface area contributed by atoms with E-state index in [9.17, 15) is 9.90 Å². The van der Waals surface area contributed by atoms with Crippen LogP contribution in [0.25, 0.3) is 5.69 Å².